The zero-order valence-electron chi connectivity index (χ0n) is 19.4. The van der Waals surface area contributed by atoms with Gasteiger partial charge in [-0.15, -0.1) is 0 Å². The minimum atomic E-state index is -0.593. The largest absolute Gasteiger partial charge is 0.350 e. The molecule has 35 heavy (non-hydrogen) atoms. The molecule has 178 valence electrons. The highest BCUT2D eigenvalue weighted by molar-refractivity contribution is 6.53. The van der Waals surface area contributed by atoms with Crippen molar-refractivity contribution in [2.45, 2.75) is 26.7 Å². The van der Waals surface area contributed by atoms with Crippen LogP contribution in [0.1, 0.15) is 41.3 Å². The second kappa shape index (κ2) is 9.94. The van der Waals surface area contributed by atoms with Crippen molar-refractivity contribution in [1.82, 2.24) is 0 Å². The number of carbonyl (C=O) groups is 3. The molecule has 8 heteroatoms. The summed E-state index contributed by atoms with van der Waals surface area (Å²) >= 11 is 12.3. The van der Waals surface area contributed by atoms with Gasteiger partial charge in [-0.2, -0.15) is 0 Å². The molecule has 0 bridgehead atoms. The van der Waals surface area contributed by atoms with Crippen LogP contribution in [0.4, 0.5) is 17.1 Å². The molecule has 1 heterocycles. The maximum Gasteiger partial charge on any atom is 0.283 e. The minimum Gasteiger partial charge on any atom is -0.350 e. The SMILES string of the molecule is Cc1ccc(NC(=O)c2ccc(NC3=C(Cl)C(=O)N(c4ccc(C(C)C)cc4)C3=O)cc2)cc1Cl. The Balaban J connectivity index is 1.46. The van der Waals surface area contributed by atoms with Crippen molar-refractivity contribution in [2.24, 2.45) is 0 Å². The molecule has 3 aromatic rings. The summed E-state index contributed by atoms with van der Waals surface area (Å²) in [4.78, 5) is 39.3. The van der Waals surface area contributed by atoms with Crippen molar-refractivity contribution >= 4 is 58.0 Å². The number of imide groups is 1. The number of rotatable bonds is 6. The van der Waals surface area contributed by atoms with Crippen LogP contribution in [0.25, 0.3) is 0 Å². The number of benzene rings is 3. The lowest BCUT2D eigenvalue weighted by Gasteiger charge is -2.16. The molecule has 0 saturated heterocycles. The van der Waals surface area contributed by atoms with E-state index in [-0.39, 0.29) is 16.6 Å². The van der Waals surface area contributed by atoms with Gasteiger partial charge in [0.2, 0.25) is 0 Å². The van der Waals surface area contributed by atoms with E-state index in [1.54, 1.807) is 48.5 Å². The third-order valence-corrected chi connectivity index (χ3v) is 6.45. The van der Waals surface area contributed by atoms with E-state index in [1.165, 1.54) is 0 Å². The molecule has 0 aromatic heterocycles. The van der Waals surface area contributed by atoms with Crippen LogP contribution >= 0.6 is 23.2 Å². The molecule has 0 unspecified atom stereocenters. The number of nitrogens with zero attached hydrogens (tertiary/aromatic N) is 1. The number of carbonyl (C=O) groups excluding carboxylic acids is 3. The molecule has 3 amide bonds. The Morgan fingerprint density at radius 2 is 1.49 bits per heavy atom. The molecular weight excluding hydrogens is 485 g/mol. The smallest absolute Gasteiger partial charge is 0.283 e. The van der Waals surface area contributed by atoms with Crippen molar-refractivity contribution in [1.29, 1.82) is 0 Å². The average molecular weight is 508 g/mol. The first-order chi connectivity index (χ1) is 16.7. The highest BCUT2D eigenvalue weighted by Crippen LogP contribution is 2.31. The summed E-state index contributed by atoms with van der Waals surface area (Å²) in [6.07, 6.45) is 0. The Morgan fingerprint density at radius 1 is 0.857 bits per heavy atom. The van der Waals surface area contributed by atoms with Crippen LogP contribution in [0, 0.1) is 6.92 Å². The van der Waals surface area contributed by atoms with E-state index in [4.69, 9.17) is 23.2 Å². The second-order valence-corrected chi connectivity index (χ2v) is 9.29. The standard InChI is InChI=1S/C27H23Cl2N3O3/c1-15(2)17-7-12-21(13-8-17)32-26(34)23(29)24(27(32)35)30-19-10-5-18(6-11-19)25(33)31-20-9-4-16(3)22(28)14-20/h4-15,30H,1-3H3,(H,31,33). The third kappa shape index (κ3) is 5.09. The van der Waals surface area contributed by atoms with Crippen LogP contribution in [0.5, 0.6) is 0 Å². The summed E-state index contributed by atoms with van der Waals surface area (Å²) in [5.74, 6) is -1.12. The zero-order valence-corrected chi connectivity index (χ0v) is 20.9. The molecule has 0 fully saturated rings. The first kappa shape index (κ1) is 24.5. The number of anilines is 3. The summed E-state index contributed by atoms with van der Waals surface area (Å²) in [5.41, 5.74) is 3.94. The molecule has 1 aliphatic rings. The Bertz CT molecular complexity index is 1350. The summed E-state index contributed by atoms with van der Waals surface area (Å²) < 4.78 is 0. The van der Waals surface area contributed by atoms with Crippen LogP contribution in [-0.2, 0) is 9.59 Å². The molecule has 0 radical (unpaired) electrons. The Labute approximate surface area is 213 Å². The molecule has 1 aliphatic heterocycles. The van der Waals surface area contributed by atoms with Gasteiger partial charge in [0, 0.05) is 22.0 Å². The fraction of sp³-hybridized carbons (Fsp3) is 0.148. The van der Waals surface area contributed by atoms with Crippen LogP contribution in [-0.4, -0.2) is 17.7 Å². The van der Waals surface area contributed by atoms with Gasteiger partial charge in [0.1, 0.15) is 10.7 Å². The molecule has 4 rings (SSSR count). The van der Waals surface area contributed by atoms with Gasteiger partial charge in [0.25, 0.3) is 17.7 Å². The lowest BCUT2D eigenvalue weighted by Crippen LogP contribution is -2.32. The van der Waals surface area contributed by atoms with Gasteiger partial charge in [0.05, 0.1) is 5.69 Å². The predicted molar refractivity (Wildman–Crippen MR) is 140 cm³/mol. The van der Waals surface area contributed by atoms with Gasteiger partial charge < -0.3 is 10.6 Å². The molecule has 0 saturated carbocycles. The summed E-state index contributed by atoms with van der Waals surface area (Å²) in [7, 11) is 0. The predicted octanol–water partition coefficient (Wildman–Crippen LogP) is 6.46. The Kier molecular flexibility index (Phi) is 6.96. The Morgan fingerprint density at radius 3 is 2.09 bits per heavy atom. The van der Waals surface area contributed by atoms with Crippen LogP contribution < -0.4 is 15.5 Å². The summed E-state index contributed by atoms with van der Waals surface area (Å²) in [6.45, 7) is 6.01. The van der Waals surface area contributed by atoms with E-state index in [0.29, 0.717) is 33.6 Å². The van der Waals surface area contributed by atoms with Crippen LogP contribution in [0.3, 0.4) is 0 Å². The zero-order chi connectivity index (χ0) is 25.3. The van der Waals surface area contributed by atoms with E-state index in [2.05, 4.69) is 24.5 Å². The molecule has 0 atom stereocenters. The van der Waals surface area contributed by atoms with E-state index < -0.39 is 11.8 Å². The van der Waals surface area contributed by atoms with Crippen molar-refractivity contribution in [2.75, 3.05) is 15.5 Å². The van der Waals surface area contributed by atoms with Gasteiger partial charge in [-0.3, -0.25) is 14.4 Å². The quantitative estimate of drug-likeness (QED) is 0.375. The average Bonchev–Trinajstić information content (AvgIpc) is 3.05. The lowest BCUT2D eigenvalue weighted by atomic mass is 10.0. The number of halogens is 2. The van der Waals surface area contributed by atoms with Gasteiger partial charge in [-0.1, -0.05) is 55.2 Å². The van der Waals surface area contributed by atoms with Gasteiger partial charge >= 0.3 is 0 Å². The van der Waals surface area contributed by atoms with Crippen molar-refractivity contribution in [3.05, 3.63) is 99.2 Å². The monoisotopic (exact) mass is 507 g/mol. The van der Waals surface area contributed by atoms with Gasteiger partial charge in [0.15, 0.2) is 0 Å². The minimum absolute atomic E-state index is 0.0175. The topological polar surface area (TPSA) is 78.5 Å². The van der Waals surface area contributed by atoms with Gasteiger partial charge in [-0.05, 0) is 72.5 Å². The summed E-state index contributed by atoms with van der Waals surface area (Å²) in [5, 5.41) is 6.08. The fourth-order valence-electron chi connectivity index (χ4n) is 3.58. The van der Waals surface area contributed by atoms with Crippen LogP contribution in [0.2, 0.25) is 5.02 Å². The van der Waals surface area contributed by atoms with E-state index in [0.717, 1.165) is 16.0 Å². The molecule has 2 N–H and O–H groups in total. The van der Waals surface area contributed by atoms with Gasteiger partial charge in [-0.25, -0.2) is 4.90 Å². The van der Waals surface area contributed by atoms with E-state index >= 15 is 0 Å². The number of aryl methyl sites for hydroxylation is 1. The Hall–Kier alpha value is -3.61. The first-order valence-corrected chi connectivity index (χ1v) is 11.7. The number of amides is 3. The molecule has 0 spiro atoms. The highest BCUT2D eigenvalue weighted by atomic mass is 35.5. The number of nitrogens with one attached hydrogen (secondary N) is 2. The first-order valence-electron chi connectivity index (χ1n) is 11.0. The highest BCUT2D eigenvalue weighted by Gasteiger charge is 2.39. The normalized spacial score (nSPS) is 13.6. The molecule has 3 aromatic carbocycles. The lowest BCUT2D eigenvalue weighted by molar-refractivity contribution is -0.120. The number of hydrogen-bond acceptors (Lipinski definition) is 4. The van der Waals surface area contributed by atoms with E-state index in [9.17, 15) is 14.4 Å². The van der Waals surface area contributed by atoms with Crippen LogP contribution in [0.15, 0.2) is 77.5 Å². The molecule has 0 aliphatic carbocycles. The van der Waals surface area contributed by atoms with Crippen molar-refractivity contribution in [3.8, 4) is 0 Å². The molecule has 6 nitrogen and oxygen atoms in total. The maximum absolute atomic E-state index is 13.0. The fourth-order valence-corrected chi connectivity index (χ4v) is 3.97. The number of hydrogen-bond donors (Lipinski definition) is 2. The summed E-state index contributed by atoms with van der Waals surface area (Å²) in [6, 6.07) is 19.0. The molecular formula is C27H23Cl2N3O3. The van der Waals surface area contributed by atoms with Crippen molar-refractivity contribution < 1.29 is 14.4 Å². The third-order valence-electron chi connectivity index (χ3n) is 5.69. The maximum atomic E-state index is 13.0. The second-order valence-electron chi connectivity index (χ2n) is 8.50. The van der Waals surface area contributed by atoms with Crippen molar-refractivity contribution in [3.63, 3.8) is 0 Å². The van der Waals surface area contributed by atoms with E-state index in [1.807, 2.05) is 25.1 Å².